The van der Waals surface area contributed by atoms with E-state index < -0.39 is 0 Å². The van der Waals surface area contributed by atoms with Gasteiger partial charge in [0.25, 0.3) is 0 Å². The predicted molar refractivity (Wildman–Crippen MR) is 102 cm³/mol. The minimum Gasteiger partial charge on any atom is -0.508 e. The first-order chi connectivity index (χ1) is 12.1. The molecule has 25 heavy (non-hydrogen) atoms. The Balaban J connectivity index is 1.37. The molecule has 1 aromatic rings. The summed E-state index contributed by atoms with van der Waals surface area (Å²) in [6, 6.07) is 9.07. The van der Waals surface area contributed by atoms with Gasteiger partial charge in [-0.25, -0.2) is 0 Å². The number of aromatic hydroxyl groups is 1. The van der Waals surface area contributed by atoms with Crippen LogP contribution in [-0.4, -0.2) is 52.4 Å². The number of hydrogen-bond acceptors (Lipinski definition) is 4. The molecule has 1 aromatic carbocycles. The molecule has 4 heteroatoms. The summed E-state index contributed by atoms with van der Waals surface area (Å²) in [5, 5.41) is 23.4. The number of hydrogen-bond donors (Lipinski definition) is 3. The van der Waals surface area contributed by atoms with Crippen molar-refractivity contribution in [3.8, 4) is 5.75 Å². The number of nitrogens with zero attached hydrogens (tertiary/aromatic N) is 1. The maximum absolute atomic E-state index is 10.3. The van der Waals surface area contributed by atoms with E-state index in [0.717, 1.165) is 32.4 Å². The molecule has 3 N–H and O–H groups in total. The fraction of sp³-hybridized carbons (Fsp3) is 0.714. The fourth-order valence-corrected chi connectivity index (χ4v) is 4.45. The van der Waals surface area contributed by atoms with Gasteiger partial charge >= 0.3 is 0 Å². The van der Waals surface area contributed by atoms with Crippen molar-refractivity contribution in [2.24, 2.45) is 0 Å². The number of aliphatic hydroxyl groups is 1. The minimum atomic E-state index is -0.109. The summed E-state index contributed by atoms with van der Waals surface area (Å²) < 4.78 is 0. The third-order valence-electron chi connectivity index (χ3n) is 6.02. The number of piperidine rings is 1. The van der Waals surface area contributed by atoms with Gasteiger partial charge in [0.1, 0.15) is 5.75 Å². The average molecular weight is 347 g/mol. The monoisotopic (exact) mass is 346 g/mol. The van der Waals surface area contributed by atoms with E-state index in [9.17, 15) is 10.2 Å². The third kappa shape index (κ3) is 5.44. The van der Waals surface area contributed by atoms with Crippen LogP contribution in [0.5, 0.6) is 5.75 Å². The molecule has 4 nitrogen and oxygen atoms in total. The van der Waals surface area contributed by atoms with E-state index >= 15 is 0 Å². The summed E-state index contributed by atoms with van der Waals surface area (Å²) in [6.07, 6.45) is 9.04. The fourth-order valence-electron chi connectivity index (χ4n) is 4.45. The van der Waals surface area contributed by atoms with Gasteiger partial charge in [0, 0.05) is 31.2 Å². The molecule has 0 aromatic heterocycles. The van der Waals surface area contributed by atoms with Crippen molar-refractivity contribution in [1.29, 1.82) is 0 Å². The van der Waals surface area contributed by atoms with Crippen molar-refractivity contribution in [3.05, 3.63) is 29.8 Å². The number of likely N-dealkylation sites (tertiary alicyclic amines) is 1. The maximum atomic E-state index is 10.3. The molecule has 1 aliphatic carbocycles. The molecule has 1 saturated heterocycles. The van der Waals surface area contributed by atoms with E-state index in [-0.39, 0.29) is 6.10 Å². The van der Waals surface area contributed by atoms with Crippen LogP contribution in [0.2, 0.25) is 0 Å². The van der Waals surface area contributed by atoms with Crippen LogP contribution in [-0.2, 0) is 6.42 Å². The highest BCUT2D eigenvalue weighted by Crippen LogP contribution is 2.26. The molecule has 3 atom stereocenters. The number of aryl methyl sites for hydroxylation is 1. The summed E-state index contributed by atoms with van der Waals surface area (Å²) >= 11 is 0. The Morgan fingerprint density at radius 2 is 1.76 bits per heavy atom. The highest BCUT2D eigenvalue weighted by atomic mass is 16.3. The molecule has 0 spiro atoms. The first-order valence-corrected chi connectivity index (χ1v) is 10.1. The lowest BCUT2D eigenvalue weighted by atomic mass is 9.89. The van der Waals surface area contributed by atoms with E-state index in [1.165, 1.54) is 37.7 Å². The normalized spacial score (nSPS) is 27.3. The number of nitrogens with one attached hydrogen (secondary N) is 1. The standard InChI is InChI=1S/C21H34N2O2/c1-16(6-7-17-8-10-19(24)11-9-17)22-18-12-14-23(15-13-18)20-4-2-3-5-21(20)25/h8-11,16,18,20-22,24-25H,2-7,12-15H2,1H3/t16-,20+,21+/m1/s1. The summed E-state index contributed by atoms with van der Waals surface area (Å²) in [7, 11) is 0. The van der Waals surface area contributed by atoms with Crippen LogP contribution < -0.4 is 5.32 Å². The number of rotatable bonds is 6. The first kappa shape index (κ1) is 18.7. The summed E-state index contributed by atoms with van der Waals surface area (Å²) in [4.78, 5) is 2.53. The van der Waals surface area contributed by atoms with Crippen molar-refractivity contribution in [2.75, 3.05) is 13.1 Å². The van der Waals surface area contributed by atoms with Crippen LogP contribution in [0.4, 0.5) is 0 Å². The molecule has 2 fully saturated rings. The summed E-state index contributed by atoms with van der Waals surface area (Å²) in [6.45, 7) is 4.51. The van der Waals surface area contributed by atoms with Crippen LogP contribution in [0.25, 0.3) is 0 Å². The third-order valence-corrected chi connectivity index (χ3v) is 6.02. The Bertz CT molecular complexity index is 511. The predicted octanol–water partition coefficient (Wildman–Crippen LogP) is 3.07. The lowest BCUT2D eigenvalue weighted by Gasteiger charge is -2.42. The zero-order valence-electron chi connectivity index (χ0n) is 15.5. The van der Waals surface area contributed by atoms with Gasteiger partial charge in [-0.2, -0.15) is 0 Å². The van der Waals surface area contributed by atoms with Crippen LogP contribution in [0.15, 0.2) is 24.3 Å². The molecule has 0 bridgehead atoms. The van der Waals surface area contributed by atoms with Crippen LogP contribution in [0, 0.1) is 0 Å². The van der Waals surface area contributed by atoms with Gasteiger partial charge in [0.15, 0.2) is 0 Å². The molecule has 1 aliphatic heterocycles. The van der Waals surface area contributed by atoms with E-state index in [2.05, 4.69) is 17.1 Å². The van der Waals surface area contributed by atoms with Gasteiger partial charge in [-0.3, -0.25) is 4.90 Å². The second-order valence-electron chi connectivity index (χ2n) is 8.00. The zero-order valence-corrected chi connectivity index (χ0v) is 15.5. The summed E-state index contributed by atoms with van der Waals surface area (Å²) in [5.74, 6) is 0.338. The average Bonchev–Trinajstić information content (AvgIpc) is 2.62. The maximum Gasteiger partial charge on any atom is 0.115 e. The Morgan fingerprint density at radius 3 is 2.44 bits per heavy atom. The Labute approximate surface area is 152 Å². The molecule has 3 rings (SSSR count). The molecule has 1 heterocycles. The Morgan fingerprint density at radius 1 is 1.08 bits per heavy atom. The topological polar surface area (TPSA) is 55.7 Å². The highest BCUT2D eigenvalue weighted by Gasteiger charge is 2.31. The first-order valence-electron chi connectivity index (χ1n) is 10.1. The Hall–Kier alpha value is -1.10. The van der Waals surface area contributed by atoms with Crippen molar-refractivity contribution in [3.63, 3.8) is 0 Å². The van der Waals surface area contributed by atoms with E-state index in [1.54, 1.807) is 12.1 Å². The SMILES string of the molecule is C[C@H](CCc1ccc(O)cc1)NC1CCN([C@H]2CCCC[C@@H]2O)CC1. The van der Waals surface area contributed by atoms with Crippen molar-refractivity contribution < 1.29 is 10.2 Å². The van der Waals surface area contributed by atoms with E-state index in [0.29, 0.717) is 23.9 Å². The van der Waals surface area contributed by atoms with Gasteiger partial charge < -0.3 is 15.5 Å². The summed E-state index contributed by atoms with van der Waals surface area (Å²) in [5.41, 5.74) is 1.28. The van der Waals surface area contributed by atoms with Gasteiger partial charge in [-0.05, 0) is 63.1 Å². The second-order valence-corrected chi connectivity index (χ2v) is 8.00. The number of aliphatic hydroxyl groups excluding tert-OH is 1. The van der Waals surface area contributed by atoms with Crippen molar-refractivity contribution in [1.82, 2.24) is 10.2 Å². The second kappa shape index (κ2) is 9.02. The minimum absolute atomic E-state index is 0.109. The van der Waals surface area contributed by atoms with Crippen LogP contribution in [0.1, 0.15) is 57.4 Å². The van der Waals surface area contributed by atoms with Gasteiger partial charge in [0.2, 0.25) is 0 Å². The van der Waals surface area contributed by atoms with Crippen LogP contribution in [0.3, 0.4) is 0 Å². The number of benzene rings is 1. The Kier molecular flexibility index (Phi) is 6.74. The van der Waals surface area contributed by atoms with E-state index in [4.69, 9.17) is 0 Å². The van der Waals surface area contributed by atoms with Gasteiger partial charge in [-0.1, -0.05) is 25.0 Å². The van der Waals surface area contributed by atoms with Crippen molar-refractivity contribution >= 4 is 0 Å². The quantitative estimate of drug-likeness (QED) is 0.741. The zero-order chi connectivity index (χ0) is 17.6. The molecule has 0 unspecified atom stereocenters. The molecule has 140 valence electrons. The lowest BCUT2D eigenvalue weighted by Crippen LogP contribution is -2.52. The molecular formula is C21H34N2O2. The molecule has 1 saturated carbocycles. The van der Waals surface area contributed by atoms with Gasteiger partial charge in [0.05, 0.1) is 6.10 Å². The van der Waals surface area contributed by atoms with Crippen molar-refractivity contribution in [2.45, 2.75) is 82.5 Å². The lowest BCUT2D eigenvalue weighted by molar-refractivity contribution is 0.00667. The number of phenolic OH excluding ortho intramolecular Hbond substituents is 1. The van der Waals surface area contributed by atoms with Gasteiger partial charge in [-0.15, -0.1) is 0 Å². The largest absolute Gasteiger partial charge is 0.508 e. The van der Waals surface area contributed by atoms with Crippen LogP contribution >= 0.6 is 0 Å². The number of phenols is 1. The highest BCUT2D eigenvalue weighted by molar-refractivity contribution is 5.25. The molecular weight excluding hydrogens is 312 g/mol. The smallest absolute Gasteiger partial charge is 0.115 e. The molecule has 0 radical (unpaired) electrons. The molecule has 2 aliphatic rings. The molecule has 0 amide bonds. The van der Waals surface area contributed by atoms with E-state index in [1.807, 2.05) is 12.1 Å².